The molecule has 1 rings (SSSR count). The van der Waals surface area contributed by atoms with Crippen LogP contribution in [0.2, 0.25) is 0 Å². The molecular formula is C12H16F2N2S. The molecule has 0 spiro atoms. The standard InChI is InChI=1S/C12H16F2N2S/c1-7(2)6-16(3)11-9(13)4-8(12(15)17)5-10(11)14/h4-5,7H,6H2,1-3H3,(H2,15,17). The molecule has 1 aromatic rings. The molecule has 0 unspecified atom stereocenters. The Kier molecular flexibility index (Phi) is 4.40. The molecule has 5 heteroatoms. The maximum Gasteiger partial charge on any atom is 0.150 e. The van der Waals surface area contributed by atoms with E-state index in [9.17, 15) is 8.78 Å². The van der Waals surface area contributed by atoms with Crippen molar-refractivity contribution in [2.75, 3.05) is 18.5 Å². The fourth-order valence-corrected chi connectivity index (χ4v) is 1.83. The van der Waals surface area contributed by atoms with Gasteiger partial charge in [0, 0.05) is 19.2 Å². The summed E-state index contributed by atoms with van der Waals surface area (Å²) in [5.74, 6) is -0.971. The molecule has 0 radical (unpaired) electrons. The van der Waals surface area contributed by atoms with Gasteiger partial charge in [-0.1, -0.05) is 26.1 Å². The fourth-order valence-electron chi connectivity index (χ4n) is 1.71. The Hall–Kier alpha value is -1.23. The maximum atomic E-state index is 13.8. The molecule has 0 heterocycles. The van der Waals surface area contributed by atoms with Crippen molar-refractivity contribution in [3.63, 3.8) is 0 Å². The van der Waals surface area contributed by atoms with E-state index in [1.54, 1.807) is 11.9 Å². The van der Waals surface area contributed by atoms with Crippen LogP contribution in [0.3, 0.4) is 0 Å². The number of anilines is 1. The van der Waals surface area contributed by atoms with Gasteiger partial charge in [0.2, 0.25) is 0 Å². The van der Waals surface area contributed by atoms with E-state index in [1.807, 2.05) is 13.8 Å². The summed E-state index contributed by atoms with van der Waals surface area (Å²) < 4.78 is 27.6. The molecule has 2 N–H and O–H groups in total. The van der Waals surface area contributed by atoms with Gasteiger partial charge in [-0.3, -0.25) is 0 Å². The zero-order valence-electron chi connectivity index (χ0n) is 10.1. The Bertz CT molecular complexity index is 410. The summed E-state index contributed by atoms with van der Waals surface area (Å²) in [6, 6.07) is 2.33. The number of nitrogens with zero attached hydrogens (tertiary/aromatic N) is 1. The largest absolute Gasteiger partial charge is 0.389 e. The van der Waals surface area contributed by atoms with Gasteiger partial charge >= 0.3 is 0 Å². The Labute approximate surface area is 105 Å². The first-order valence-corrected chi connectivity index (χ1v) is 5.73. The monoisotopic (exact) mass is 258 g/mol. The Balaban J connectivity index is 3.13. The van der Waals surface area contributed by atoms with Crippen LogP contribution in [0.25, 0.3) is 0 Å². The van der Waals surface area contributed by atoms with Gasteiger partial charge in [-0.25, -0.2) is 8.78 Å². The predicted molar refractivity (Wildman–Crippen MR) is 70.4 cm³/mol. The molecule has 0 saturated carbocycles. The minimum Gasteiger partial charge on any atom is -0.389 e. The summed E-state index contributed by atoms with van der Waals surface area (Å²) in [6.07, 6.45) is 0. The summed E-state index contributed by atoms with van der Waals surface area (Å²) in [5.41, 5.74) is 5.51. The highest BCUT2D eigenvalue weighted by molar-refractivity contribution is 7.80. The van der Waals surface area contributed by atoms with E-state index in [-0.39, 0.29) is 16.2 Å². The third kappa shape index (κ3) is 3.36. The Morgan fingerprint density at radius 1 is 1.35 bits per heavy atom. The third-order valence-corrected chi connectivity index (χ3v) is 2.56. The van der Waals surface area contributed by atoms with Crippen molar-refractivity contribution in [1.82, 2.24) is 0 Å². The molecule has 0 amide bonds. The molecular weight excluding hydrogens is 242 g/mol. The quantitative estimate of drug-likeness (QED) is 0.842. The SMILES string of the molecule is CC(C)CN(C)c1c(F)cc(C(N)=S)cc1F. The normalized spacial score (nSPS) is 10.7. The molecule has 0 aromatic heterocycles. The molecule has 94 valence electrons. The number of thiocarbonyl (C=S) groups is 1. The highest BCUT2D eigenvalue weighted by atomic mass is 32.1. The van der Waals surface area contributed by atoms with E-state index in [0.717, 1.165) is 12.1 Å². The lowest BCUT2D eigenvalue weighted by molar-refractivity contribution is 0.561. The lowest BCUT2D eigenvalue weighted by Gasteiger charge is -2.22. The molecule has 0 aliphatic heterocycles. The van der Waals surface area contributed by atoms with Gasteiger partial charge in [-0.2, -0.15) is 0 Å². The first-order valence-electron chi connectivity index (χ1n) is 5.33. The van der Waals surface area contributed by atoms with Crippen LogP contribution < -0.4 is 10.6 Å². The van der Waals surface area contributed by atoms with Crippen LogP contribution in [-0.4, -0.2) is 18.6 Å². The highest BCUT2D eigenvalue weighted by Crippen LogP contribution is 2.24. The van der Waals surface area contributed by atoms with E-state index in [1.165, 1.54) is 0 Å². The average molecular weight is 258 g/mol. The number of hydrogen-bond donors (Lipinski definition) is 1. The molecule has 2 nitrogen and oxygen atoms in total. The van der Waals surface area contributed by atoms with Crippen LogP contribution in [0.4, 0.5) is 14.5 Å². The lowest BCUT2D eigenvalue weighted by atomic mass is 10.1. The molecule has 0 saturated heterocycles. The van der Waals surface area contributed by atoms with Crippen molar-refractivity contribution in [1.29, 1.82) is 0 Å². The first kappa shape index (κ1) is 13.8. The lowest BCUT2D eigenvalue weighted by Crippen LogP contribution is -2.25. The predicted octanol–water partition coefficient (Wildman–Crippen LogP) is 2.69. The van der Waals surface area contributed by atoms with E-state index in [2.05, 4.69) is 0 Å². The number of nitrogens with two attached hydrogens (primary N) is 1. The Morgan fingerprint density at radius 3 is 2.18 bits per heavy atom. The van der Waals surface area contributed by atoms with Crippen LogP contribution in [0.15, 0.2) is 12.1 Å². The van der Waals surface area contributed by atoms with Crippen molar-refractivity contribution in [2.24, 2.45) is 11.7 Å². The van der Waals surface area contributed by atoms with Crippen LogP contribution in [0.1, 0.15) is 19.4 Å². The minimum atomic E-state index is -0.643. The van der Waals surface area contributed by atoms with Crippen molar-refractivity contribution in [3.8, 4) is 0 Å². The number of benzene rings is 1. The second-order valence-electron chi connectivity index (χ2n) is 4.43. The molecule has 1 aromatic carbocycles. The number of rotatable bonds is 4. The van der Waals surface area contributed by atoms with Crippen molar-refractivity contribution >= 4 is 22.9 Å². The molecule has 17 heavy (non-hydrogen) atoms. The molecule has 0 aliphatic rings. The summed E-state index contributed by atoms with van der Waals surface area (Å²) >= 11 is 4.69. The van der Waals surface area contributed by atoms with Gasteiger partial charge in [-0.15, -0.1) is 0 Å². The Morgan fingerprint density at radius 2 is 1.82 bits per heavy atom. The van der Waals surface area contributed by atoms with Gasteiger partial charge in [0.25, 0.3) is 0 Å². The van der Waals surface area contributed by atoms with Gasteiger partial charge < -0.3 is 10.6 Å². The summed E-state index contributed by atoms with van der Waals surface area (Å²) in [5, 5.41) is 0. The second kappa shape index (κ2) is 5.40. The summed E-state index contributed by atoms with van der Waals surface area (Å²) in [4.78, 5) is 1.54. The van der Waals surface area contributed by atoms with Crippen LogP contribution >= 0.6 is 12.2 Å². The van der Waals surface area contributed by atoms with E-state index in [0.29, 0.717) is 12.5 Å². The van der Waals surface area contributed by atoms with Gasteiger partial charge in [0.15, 0.2) is 0 Å². The van der Waals surface area contributed by atoms with Crippen molar-refractivity contribution < 1.29 is 8.78 Å². The first-order chi connectivity index (χ1) is 7.82. The fraction of sp³-hybridized carbons (Fsp3) is 0.417. The molecule has 0 fully saturated rings. The van der Waals surface area contributed by atoms with Crippen LogP contribution in [0.5, 0.6) is 0 Å². The van der Waals surface area contributed by atoms with Crippen LogP contribution in [0, 0.1) is 17.6 Å². The summed E-state index contributed by atoms with van der Waals surface area (Å²) in [7, 11) is 1.65. The van der Waals surface area contributed by atoms with E-state index in [4.69, 9.17) is 18.0 Å². The number of halogens is 2. The summed E-state index contributed by atoms with van der Waals surface area (Å²) in [6.45, 7) is 4.53. The third-order valence-electron chi connectivity index (χ3n) is 2.32. The van der Waals surface area contributed by atoms with Gasteiger partial charge in [0.05, 0.1) is 0 Å². The van der Waals surface area contributed by atoms with Crippen molar-refractivity contribution in [2.45, 2.75) is 13.8 Å². The van der Waals surface area contributed by atoms with Gasteiger partial charge in [0.1, 0.15) is 22.3 Å². The van der Waals surface area contributed by atoms with E-state index >= 15 is 0 Å². The topological polar surface area (TPSA) is 29.3 Å². The minimum absolute atomic E-state index is 0.0131. The second-order valence-corrected chi connectivity index (χ2v) is 4.87. The average Bonchev–Trinajstić information content (AvgIpc) is 2.14. The van der Waals surface area contributed by atoms with Crippen LogP contribution in [-0.2, 0) is 0 Å². The zero-order chi connectivity index (χ0) is 13.2. The maximum absolute atomic E-state index is 13.8. The van der Waals surface area contributed by atoms with E-state index < -0.39 is 11.6 Å². The van der Waals surface area contributed by atoms with Gasteiger partial charge in [-0.05, 0) is 18.1 Å². The molecule has 0 aliphatic carbocycles. The number of hydrogen-bond acceptors (Lipinski definition) is 2. The highest BCUT2D eigenvalue weighted by Gasteiger charge is 2.16. The zero-order valence-corrected chi connectivity index (χ0v) is 10.9. The van der Waals surface area contributed by atoms with Crippen molar-refractivity contribution in [3.05, 3.63) is 29.3 Å². The molecule has 0 atom stereocenters. The smallest absolute Gasteiger partial charge is 0.150 e. The molecule has 0 bridgehead atoms.